The Kier molecular flexibility index (Phi) is 5.91. The molecule has 0 saturated heterocycles. The molecule has 2 amide bonds. The summed E-state index contributed by atoms with van der Waals surface area (Å²) >= 11 is 2.81. The largest absolute Gasteiger partial charge is 0.346 e. The van der Waals surface area contributed by atoms with E-state index in [1.807, 2.05) is 12.3 Å². The predicted octanol–water partition coefficient (Wildman–Crippen LogP) is 2.44. The minimum Gasteiger partial charge on any atom is -0.346 e. The highest BCUT2D eigenvalue weighted by molar-refractivity contribution is 8.01. The Bertz CT molecular complexity index is 658. The van der Waals surface area contributed by atoms with E-state index in [-0.39, 0.29) is 29.9 Å². The molecule has 2 rings (SSSR count). The molecule has 1 aromatic carbocycles. The average Bonchev–Trinajstić information content (AvgIpc) is 2.91. The highest BCUT2D eigenvalue weighted by Gasteiger charge is 2.08. The van der Waals surface area contributed by atoms with E-state index in [9.17, 15) is 14.0 Å². The highest BCUT2D eigenvalue weighted by atomic mass is 32.2. The Labute approximate surface area is 135 Å². The zero-order valence-corrected chi connectivity index (χ0v) is 13.4. The Morgan fingerprint density at radius 2 is 2.00 bits per heavy atom. The van der Waals surface area contributed by atoms with Crippen LogP contribution in [0.3, 0.4) is 0 Å². The fraction of sp³-hybridized carbons (Fsp3) is 0.214. The van der Waals surface area contributed by atoms with Crippen LogP contribution < -0.4 is 10.6 Å². The van der Waals surface area contributed by atoms with Gasteiger partial charge in [0.05, 0.1) is 12.3 Å². The molecule has 0 fully saturated rings. The molecule has 1 aromatic heterocycles. The number of thiazole rings is 1. The van der Waals surface area contributed by atoms with E-state index in [0.717, 1.165) is 10.0 Å². The molecule has 0 aliphatic rings. The molecular formula is C14H14FN3O2S2. The van der Waals surface area contributed by atoms with Crippen LogP contribution in [0.4, 0.5) is 10.1 Å². The van der Waals surface area contributed by atoms with Crippen LogP contribution in [0, 0.1) is 12.7 Å². The Morgan fingerprint density at radius 1 is 1.27 bits per heavy atom. The molecule has 0 aliphatic heterocycles. The molecule has 0 saturated carbocycles. The Balaban J connectivity index is 1.69. The van der Waals surface area contributed by atoms with Crippen LogP contribution >= 0.6 is 23.1 Å². The number of carbonyl (C=O) groups is 2. The van der Waals surface area contributed by atoms with Gasteiger partial charge < -0.3 is 10.6 Å². The number of aryl methyl sites for hydroxylation is 1. The number of thioether (sulfide) groups is 1. The van der Waals surface area contributed by atoms with Crippen LogP contribution in [0.2, 0.25) is 0 Å². The zero-order chi connectivity index (χ0) is 15.9. The number of halogens is 1. The van der Waals surface area contributed by atoms with Crippen molar-refractivity contribution in [2.24, 2.45) is 0 Å². The van der Waals surface area contributed by atoms with Gasteiger partial charge in [0.2, 0.25) is 11.8 Å². The maximum absolute atomic E-state index is 12.7. The van der Waals surface area contributed by atoms with Gasteiger partial charge in [0.25, 0.3) is 0 Å². The summed E-state index contributed by atoms with van der Waals surface area (Å²) in [6.07, 6.45) is 0. The third kappa shape index (κ3) is 5.45. The molecule has 5 nitrogen and oxygen atoms in total. The van der Waals surface area contributed by atoms with Crippen molar-refractivity contribution in [1.29, 1.82) is 0 Å². The van der Waals surface area contributed by atoms with Crippen molar-refractivity contribution >= 4 is 40.6 Å². The molecule has 2 N–H and O–H groups in total. The summed E-state index contributed by atoms with van der Waals surface area (Å²) < 4.78 is 13.6. The standard InChI is InChI=1S/C14H14FN3O2S2/c1-9-7-21-14(17-9)22-8-13(20)16-6-12(19)18-11-4-2-10(15)3-5-11/h2-5,7H,6,8H2,1H3,(H,16,20)(H,18,19). The number of rotatable bonds is 6. The molecule has 0 spiro atoms. The normalized spacial score (nSPS) is 10.3. The third-order valence-electron chi connectivity index (χ3n) is 2.50. The van der Waals surface area contributed by atoms with Crippen LogP contribution in [0.25, 0.3) is 0 Å². The first kappa shape index (κ1) is 16.4. The number of anilines is 1. The number of nitrogens with one attached hydrogen (secondary N) is 2. The van der Waals surface area contributed by atoms with Crippen molar-refractivity contribution in [3.8, 4) is 0 Å². The fourth-order valence-corrected chi connectivity index (χ4v) is 3.17. The van der Waals surface area contributed by atoms with Gasteiger partial charge >= 0.3 is 0 Å². The second-order valence-corrected chi connectivity index (χ2v) is 6.46. The third-order valence-corrected chi connectivity index (χ3v) is 4.64. The highest BCUT2D eigenvalue weighted by Crippen LogP contribution is 2.21. The molecule has 0 radical (unpaired) electrons. The first-order chi connectivity index (χ1) is 10.5. The molecule has 8 heteroatoms. The minimum atomic E-state index is -0.374. The summed E-state index contributed by atoms with van der Waals surface area (Å²) in [7, 11) is 0. The maximum atomic E-state index is 12.7. The van der Waals surface area contributed by atoms with E-state index in [1.54, 1.807) is 0 Å². The fourth-order valence-electron chi connectivity index (χ4n) is 1.49. The molecule has 22 heavy (non-hydrogen) atoms. The number of benzene rings is 1. The van der Waals surface area contributed by atoms with Crippen LogP contribution in [-0.2, 0) is 9.59 Å². The average molecular weight is 339 g/mol. The van der Waals surface area contributed by atoms with Crippen molar-refractivity contribution in [2.75, 3.05) is 17.6 Å². The van der Waals surface area contributed by atoms with E-state index in [4.69, 9.17) is 0 Å². The summed E-state index contributed by atoms with van der Waals surface area (Å²) in [4.78, 5) is 27.5. The van der Waals surface area contributed by atoms with Gasteiger partial charge in [-0.15, -0.1) is 11.3 Å². The summed E-state index contributed by atoms with van der Waals surface area (Å²) in [5, 5.41) is 7.00. The molecule has 0 bridgehead atoms. The molecule has 0 aliphatic carbocycles. The van der Waals surface area contributed by atoms with Crippen LogP contribution in [-0.4, -0.2) is 29.1 Å². The van der Waals surface area contributed by atoms with Gasteiger partial charge in [-0.1, -0.05) is 11.8 Å². The monoisotopic (exact) mass is 339 g/mol. The quantitative estimate of drug-likeness (QED) is 0.793. The lowest BCUT2D eigenvalue weighted by molar-refractivity contribution is -0.122. The zero-order valence-electron chi connectivity index (χ0n) is 11.8. The lowest BCUT2D eigenvalue weighted by Gasteiger charge is -2.06. The molecule has 1 heterocycles. The number of hydrogen-bond donors (Lipinski definition) is 2. The topological polar surface area (TPSA) is 71.1 Å². The van der Waals surface area contributed by atoms with Crippen LogP contribution in [0.15, 0.2) is 34.0 Å². The van der Waals surface area contributed by atoms with E-state index < -0.39 is 0 Å². The second kappa shape index (κ2) is 7.90. The Hall–Kier alpha value is -1.93. The molecule has 116 valence electrons. The van der Waals surface area contributed by atoms with Gasteiger partial charge in [-0.3, -0.25) is 9.59 Å². The number of nitrogens with zero attached hydrogens (tertiary/aromatic N) is 1. The van der Waals surface area contributed by atoms with Crippen molar-refractivity contribution in [1.82, 2.24) is 10.3 Å². The van der Waals surface area contributed by atoms with Gasteiger partial charge in [-0.25, -0.2) is 9.37 Å². The smallest absolute Gasteiger partial charge is 0.243 e. The molecule has 0 atom stereocenters. The first-order valence-corrected chi connectivity index (χ1v) is 8.26. The SMILES string of the molecule is Cc1csc(SCC(=O)NCC(=O)Nc2ccc(F)cc2)n1. The van der Waals surface area contributed by atoms with E-state index in [0.29, 0.717) is 5.69 Å². The molecule has 0 unspecified atom stereocenters. The predicted molar refractivity (Wildman–Crippen MR) is 85.6 cm³/mol. The number of aromatic nitrogens is 1. The van der Waals surface area contributed by atoms with Crippen molar-refractivity contribution in [2.45, 2.75) is 11.3 Å². The molecule has 2 aromatic rings. The van der Waals surface area contributed by atoms with Gasteiger partial charge in [-0.05, 0) is 31.2 Å². The number of hydrogen-bond acceptors (Lipinski definition) is 5. The van der Waals surface area contributed by atoms with Crippen LogP contribution in [0.1, 0.15) is 5.69 Å². The minimum absolute atomic E-state index is 0.131. The van der Waals surface area contributed by atoms with Gasteiger partial charge in [-0.2, -0.15) is 0 Å². The summed E-state index contributed by atoms with van der Waals surface area (Å²) in [5.41, 5.74) is 1.40. The number of amides is 2. The lowest BCUT2D eigenvalue weighted by atomic mass is 10.3. The van der Waals surface area contributed by atoms with E-state index in [2.05, 4.69) is 15.6 Å². The van der Waals surface area contributed by atoms with Gasteiger partial charge in [0.15, 0.2) is 4.34 Å². The van der Waals surface area contributed by atoms with Crippen molar-refractivity contribution < 1.29 is 14.0 Å². The van der Waals surface area contributed by atoms with E-state index in [1.165, 1.54) is 47.4 Å². The summed E-state index contributed by atoms with van der Waals surface area (Å²) in [6.45, 7) is 1.76. The summed E-state index contributed by atoms with van der Waals surface area (Å²) in [5.74, 6) is -0.778. The number of carbonyl (C=O) groups excluding carboxylic acids is 2. The van der Waals surface area contributed by atoms with Crippen molar-refractivity contribution in [3.63, 3.8) is 0 Å². The van der Waals surface area contributed by atoms with Gasteiger partial charge in [0.1, 0.15) is 5.82 Å². The van der Waals surface area contributed by atoms with Crippen molar-refractivity contribution in [3.05, 3.63) is 41.2 Å². The lowest BCUT2D eigenvalue weighted by Crippen LogP contribution is -2.33. The summed E-state index contributed by atoms with van der Waals surface area (Å²) in [6, 6.07) is 5.41. The van der Waals surface area contributed by atoms with E-state index >= 15 is 0 Å². The second-order valence-electron chi connectivity index (χ2n) is 4.38. The van der Waals surface area contributed by atoms with Gasteiger partial charge in [0, 0.05) is 16.8 Å². The van der Waals surface area contributed by atoms with Crippen LogP contribution in [0.5, 0.6) is 0 Å². The first-order valence-electron chi connectivity index (χ1n) is 6.40. The Morgan fingerprint density at radius 3 is 2.64 bits per heavy atom. The molecular weight excluding hydrogens is 325 g/mol. The maximum Gasteiger partial charge on any atom is 0.243 e.